The topological polar surface area (TPSA) is 44.8 Å². The molecule has 2 unspecified atom stereocenters. The molecule has 4 nitrogen and oxygen atoms in total. The number of methoxy groups -OCH3 is 1. The number of carbonyl (C=O) groups excluding carboxylic acids is 1. The van der Waals surface area contributed by atoms with E-state index in [4.69, 9.17) is 14.2 Å². The van der Waals surface area contributed by atoms with E-state index in [2.05, 4.69) is 6.58 Å². The van der Waals surface area contributed by atoms with Crippen LogP contribution in [0, 0.1) is 6.92 Å². The zero-order valence-electron chi connectivity index (χ0n) is 12.2. The smallest absolute Gasteiger partial charge is 0.336 e. The van der Waals surface area contributed by atoms with E-state index in [0.29, 0.717) is 24.4 Å². The lowest BCUT2D eigenvalue weighted by molar-refractivity contribution is -0.138. The fraction of sp³-hybridized carbons (Fsp3) is 0.353. The second kappa shape index (κ2) is 5.04. The van der Waals surface area contributed by atoms with Crippen LogP contribution < -0.4 is 0 Å². The lowest BCUT2D eigenvalue weighted by Gasteiger charge is -2.24. The molecule has 2 heterocycles. The van der Waals surface area contributed by atoms with Gasteiger partial charge < -0.3 is 14.2 Å². The monoisotopic (exact) mass is 286 g/mol. The lowest BCUT2D eigenvalue weighted by atomic mass is 9.88. The number of esters is 1. The normalized spacial score (nSPS) is 26.8. The lowest BCUT2D eigenvalue weighted by Crippen LogP contribution is -2.34. The Balaban J connectivity index is 1.90. The zero-order chi connectivity index (χ0) is 15.0. The molecule has 110 valence electrons. The van der Waals surface area contributed by atoms with E-state index < -0.39 is 11.6 Å². The molecule has 0 saturated carbocycles. The zero-order valence-corrected chi connectivity index (χ0v) is 12.2. The Bertz CT molecular complexity index is 614. The van der Waals surface area contributed by atoms with Crippen molar-refractivity contribution < 1.29 is 19.0 Å². The first-order chi connectivity index (χ1) is 10.1. The number of hydrogen-bond donors (Lipinski definition) is 0. The van der Waals surface area contributed by atoms with Crippen molar-refractivity contribution in [2.24, 2.45) is 0 Å². The Labute approximate surface area is 124 Å². The number of rotatable bonds is 3. The highest BCUT2D eigenvalue weighted by Crippen LogP contribution is 2.50. The second-order valence-corrected chi connectivity index (χ2v) is 5.40. The van der Waals surface area contributed by atoms with Crippen molar-refractivity contribution in [1.29, 1.82) is 0 Å². The van der Waals surface area contributed by atoms with Gasteiger partial charge in [0.1, 0.15) is 11.9 Å². The van der Waals surface area contributed by atoms with Gasteiger partial charge in [-0.15, -0.1) is 0 Å². The van der Waals surface area contributed by atoms with E-state index in [9.17, 15) is 4.79 Å². The summed E-state index contributed by atoms with van der Waals surface area (Å²) < 4.78 is 16.6. The summed E-state index contributed by atoms with van der Waals surface area (Å²) in [6, 6.07) is 8.17. The predicted octanol–water partition coefficient (Wildman–Crippen LogP) is 2.84. The first-order valence-electron chi connectivity index (χ1n) is 6.92. The molecular weight excluding hydrogens is 268 g/mol. The number of hydrogen-bond acceptors (Lipinski definition) is 4. The van der Waals surface area contributed by atoms with Crippen molar-refractivity contribution in [3.63, 3.8) is 0 Å². The Morgan fingerprint density at radius 2 is 2.10 bits per heavy atom. The maximum Gasteiger partial charge on any atom is 0.336 e. The number of aryl methyl sites for hydroxylation is 1. The molecule has 21 heavy (non-hydrogen) atoms. The largest absolute Gasteiger partial charge is 0.487 e. The summed E-state index contributed by atoms with van der Waals surface area (Å²) in [5.41, 5.74) is 1.68. The third-order valence-corrected chi connectivity index (χ3v) is 4.11. The first kappa shape index (κ1) is 13.9. The van der Waals surface area contributed by atoms with Crippen LogP contribution in [0.4, 0.5) is 0 Å². The van der Waals surface area contributed by atoms with Crippen molar-refractivity contribution in [2.75, 3.05) is 13.7 Å². The fourth-order valence-corrected chi connectivity index (χ4v) is 2.87. The molecule has 1 aromatic carbocycles. The maximum absolute atomic E-state index is 11.8. The minimum absolute atomic E-state index is 0.140. The van der Waals surface area contributed by atoms with Crippen LogP contribution in [-0.2, 0) is 19.0 Å². The van der Waals surface area contributed by atoms with Gasteiger partial charge in [-0.25, -0.2) is 4.79 Å². The van der Waals surface area contributed by atoms with Crippen LogP contribution in [0.3, 0.4) is 0 Å². The summed E-state index contributed by atoms with van der Waals surface area (Å²) in [5.74, 6) is 0.208. The Hall–Kier alpha value is -2.07. The number of benzene rings is 1. The molecule has 1 saturated heterocycles. The second-order valence-electron chi connectivity index (χ2n) is 5.40. The van der Waals surface area contributed by atoms with Gasteiger partial charge in [-0.3, -0.25) is 0 Å². The Morgan fingerprint density at radius 3 is 2.76 bits per heavy atom. The molecule has 0 bridgehead atoms. The molecule has 0 radical (unpaired) electrons. The highest BCUT2D eigenvalue weighted by Gasteiger charge is 2.53. The van der Waals surface area contributed by atoms with Crippen LogP contribution in [0.25, 0.3) is 0 Å². The van der Waals surface area contributed by atoms with Crippen LogP contribution in [0.15, 0.2) is 48.3 Å². The molecule has 1 fully saturated rings. The molecule has 2 aliphatic heterocycles. The predicted molar refractivity (Wildman–Crippen MR) is 77.5 cm³/mol. The van der Waals surface area contributed by atoms with Gasteiger partial charge in [0, 0.05) is 6.42 Å². The van der Waals surface area contributed by atoms with Crippen molar-refractivity contribution in [1.82, 2.24) is 0 Å². The van der Waals surface area contributed by atoms with Gasteiger partial charge >= 0.3 is 5.97 Å². The van der Waals surface area contributed by atoms with E-state index in [-0.39, 0.29) is 6.10 Å². The minimum Gasteiger partial charge on any atom is -0.487 e. The van der Waals surface area contributed by atoms with Crippen molar-refractivity contribution >= 4 is 5.97 Å². The molecule has 0 spiro atoms. The minimum atomic E-state index is -0.872. The summed E-state index contributed by atoms with van der Waals surface area (Å²) in [5, 5.41) is 0. The number of ether oxygens (including phenoxy) is 3. The van der Waals surface area contributed by atoms with Crippen LogP contribution >= 0.6 is 0 Å². The third kappa shape index (κ3) is 2.16. The van der Waals surface area contributed by atoms with E-state index in [0.717, 1.165) is 5.56 Å². The van der Waals surface area contributed by atoms with Gasteiger partial charge in [0.25, 0.3) is 0 Å². The molecule has 1 aromatic rings. The third-order valence-electron chi connectivity index (χ3n) is 4.11. The molecule has 2 aliphatic rings. The number of carbonyl (C=O) groups is 1. The van der Waals surface area contributed by atoms with Gasteiger partial charge in [-0.2, -0.15) is 0 Å². The summed E-state index contributed by atoms with van der Waals surface area (Å²) in [4.78, 5) is 11.8. The summed E-state index contributed by atoms with van der Waals surface area (Å²) in [7, 11) is 1.34. The maximum atomic E-state index is 11.8. The van der Waals surface area contributed by atoms with Gasteiger partial charge in [-0.05, 0) is 18.6 Å². The van der Waals surface area contributed by atoms with Crippen LogP contribution in [-0.4, -0.2) is 25.3 Å². The standard InChI is InChI=1S/C17H18O4/c1-11-4-6-13(7-5-11)14-10-17(12(2)16(18)19-3)15(21-14)8-9-20-17/h4-8,14H,2,9-10H2,1,3H3. The molecule has 0 aromatic heterocycles. The molecule has 0 N–H and O–H groups in total. The van der Waals surface area contributed by atoms with E-state index in [1.165, 1.54) is 12.7 Å². The van der Waals surface area contributed by atoms with Crippen LogP contribution in [0.2, 0.25) is 0 Å². The van der Waals surface area contributed by atoms with Crippen LogP contribution in [0.1, 0.15) is 23.7 Å². The fourth-order valence-electron chi connectivity index (χ4n) is 2.87. The molecule has 3 rings (SSSR count). The van der Waals surface area contributed by atoms with E-state index >= 15 is 0 Å². The highest BCUT2D eigenvalue weighted by molar-refractivity contribution is 5.91. The van der Waals surface area contributed by atoms with E-state index in [1.54, 1.807) is 0 Å². The molecule has 0 amide bonds. The molecule has 4 heteroatoms. The first-order valence-corrected chi connectivity index (χ1v) is 6.92. The van der Waals surface area contributed by atoms with Crippen molar-refractivity contribution in [3.05, 3.63) is 59.4 Å². The molecule has 0 aliphatic carbocycles. The number of fused-ring (bicyclic) bond motifs is 1. The highest BCUT2D eigenvalue weighted by atomic mass is 16.6. The average Bonchev–Trinajstić information content (AvgIpc) is 3.04. The Morgan fingerprint density at radius 1 is 1.38 bits per heavy atom. The average molecular weight is 286 g/mol. The van der Waals surface area contributed by atoms with Gasteiger partial charge in [-0.1, -0.05) is 36.4 Å². The van der Waals surface area contributed by atoms with Gasteiger partial charge in [0.05, 0.1) is 19.3 Å². The summed E-state index contributed by atoms with van der Waals surface area (Å²) >= 11 is 0. The quantitative estimate of drug-likeness (QED) is 0.633. The summed E-state index contributed by atoms with van der Waals surface area (Å²) in [6.45, 7) is 6.33. The Kier molecular flexibility index (Phi) is 3.33. The van der Waals surface area contributed by atoms with E-state index in [1.807, 2.05) is 37.3 Å². The van der Waals surface area contributed by atoms with Crippen LogP contribution in [0.5, 0.6) is 0 Å². The van der Waals surface area contributed by atoms with Gasteiger partial charge in [0.2, 0.25) is 0 Å². The molecule has 2 atom stereocenters. The SMILES string of the molecule is C=C(C(=O)OC)C12CC(c3ccc(C)cc3)OC1=CCO2. The summed E-state index contributed by atoms with van der Waals surface area (Å²) in [6.07, 6.45) is 2.26. The van der Waals surface area contributed by atoms with Crippen molar-refractivity contribution in [3.8, 4) is 0 Å². The van der Waals surface area contributed by atoms with Gasteiger partial charge in [0.15, 0.2) is 5.60 Å². The van der Waals surface area contributed by atoms with Crippen molar-refractivity contribution in [2.45, 2.75) is 25.0 Å². The molecular formula is C17H18O4.